The summed E-state index contributed by atoms with van der Waals surface area (Å²) in [6, 6.07) is 11.7. The van der Waals surface area contributed by atoms with Crippen molar-refractivity contribution in [2.45, 2.75) is 26.4 Å². The van der Waals surface area contributed by atoms with Crippen LogP contribution in [0.4, 0.5) is 0 Å². The maximum Gasteiger partial charge on any atom is 0.288 e. The lowest BCUT2D eigenvalue weighted by Crippen LogP contribution is -2.24. The molecule has 0 radical (unpaired) electrons. The van der Waals surface area contributed by atoms with Crippen molar-refractivity contribution in [2.75, 3.05) is 21.2 Å². The monoisotopic (exact) mass is 493 g/mol. The molecule has 3 N–H and O–H groups in total. The van der Waals surface area contributed by atoms with Crippen LogP contribution >= 0.6 is 11.6 Å². The van der Waals surface area contributed by atoms with Gasteiger partial charge in [-0.05, 0) is 54.9 Å². The maximum atomic E-state index is 12.7. The van der Waals surface area contributed by atoms with E-state index in [0.29, 0.717) is 23.1 Å². The van der Waals surface area contributed by atoms with Gasteiger partial charge in [0.1, 0.15) is 11.4 Å². The molecule has 0 saturated carbocycles. The summed E-state index contributed by atoms with van der Waals surface area (Å²) in [5, 5.41) is 17.6. The molecule has 0 bridgehead atoms. The third-order valence-corrected chi connectivity index (χ3v) is 5.94. The molecule has 9 nitrogen and oxygen atoms in total. The molecule has 4 rings (SSSR count). The number of ether oxygens (including phenoxy) is 1. The minimum absolute atomic E-state index is 0.115. The highest BCUT2D eigenvalue weighted by Gasteiger charge is 2.18. The number of nitrogens with zero attached hydrogens (tertiary/aromatic N) is 4. The van der Waals surface area contributed by atoms with Crippen LogP contribution in [0, 0.1) is 0 Å². The molecule has 0 fully saturated rings. The summed E-state index contributed by atoms with van der Waals surface area (Å²) in [6.45, 7) is 3.16. The number of benzene rings is 2. The van der Waals surface area contributed by atoms with Gasteiger partial charge in [0.25, 0.3) is 5.91 Å². The summed E-state index contributed by atoms with van der Waals surface area (Å²) in [4.78, 5) is 19.1. The lowest BCUT2D eigenvalue weighted by atomic mass is 10.0. The highest BCUT2D eigenvalue weighted by Crippen LogP contribution is 2.31. The number of rotatable bonds is 9. The molecule has 4 aromatic rings. The molecule has 0 saturated heterocycles. The number of carbonyl (C=O) groups is 1. The average molecular weight is 494 g/mol. The van der Waals surface area contributed by atoms with Crippen molar-refractivity contribution in [3.05, 3.63) is 70.1 Å². The van der Waals surface area contributed by atoms with E-state index in [1.54, 1.807) is 13.3 Å². The highest BCUT2D eigenvalue weighted by atomic mass is 35.5. The van der Waals surface area contributed by atoms with E-state index in [2.05, 4.69) is 42.5 Å². The number of carbonyl (C=O) groups excluding carboxylic acids is 1. The smallest absolute Gasteiger partial charge is 0.288 e. The molecule has 1 amide bonds. The average Bonchev–Trinajstić information content (AvgIpc) is 3.53. The van der Waals surface area contributed by atoms with Gasteiger partial charge in [0, 0.05) is 23.7 Å². The summed E-state index contributed by atoms with van der Waals surface area (Å²) in [5.41, 5.74) is 5.36. The fourth-order valence-corrected chi connectivity index (χ4v) is 4.06. The van der Waals surface area contributed by atoms with Crippen LogP contribution in [0.1, 0.15) is 34.2 Å². The fraction of sp³-hybridized carbons (Fsp3) is 0.280. The summed E-state index contributed by atoms with van der Waals surface area (Å²) in [7, 11) is 5.64. The second-order valence-corrected chi connectivity index (χ2v) is 8.80. The number of amides is 1. The predicted molar refractivity (Wildman–Crippen MR) is 135 cm³/mol. The molecule has 182 valence electrons. The fourth-order valence-electron chi connectivity index (χ4n) is 3.82. The zero-order valence-electron chi connectivity index (χ0n) is 20.1. The third kappa shape index (κ3) is 5.52. The molecule has 0 unspecified atom stereocenters. The number of aromatic nitrogens is 5. The van der Waals surface area contributed by atoms with Crippen molar-refractivity contribution in [2.24, 2.45) is 0 Å². The molecule has 0 spiro atoms. The van der Waals surface area contributed by atoms with Crippen LogP contribution in [-0.2, 0) is 19.5 Å². The van der Waals surface area contributed by atoms with Crippen LogP contribution in [0.3, 0.4) is 0 Å². The molecule has 2 heterocycles. The van der Waals surface area contributed by atoms with Crippen molar-refractivity contribution in [1.82, 2.24) is 35.6 Å². The first-order chi connectivity index (χ1) is 16.9. The molecule has 2 aromatic heterocycles. The van der Waals surface area contributed by atoms with E-state index >= 15 is 0 Å². The van der Waals surface area contributed by atoms with Crippen molar-refractivity contribution in [3.8, 4) is 28.4 Å². The standard InChI is InChI=1S/C25H28ClN7O2/c1-5-16-10-15(6-9-21(16)35-4)12-27-25(34)24-29-23(31-32-24)22-19(13-28-30-22)17-7-8-18(14-33(2)3)20(26)11-17/h6-11,13H,5,12,14H2,1-4H3,(H,27,34)(H,28,30)(H,29,31,32). The van der Waals surface area contributed by atoms with Crippen LogP contribution in [0.5, 0.6) is 5.75 Å². The number of aromatic amines is 2. The van der Waals surface area contributed by atoms with Gasteiger partial charge in [0.2, 0.25) is 5.82 Å². The van der Waals surface area contributed by atoms with Gasteiger partial charge in [-0.1, -0.05) is 42.8 Å². The van der Waals surface area contributed by atoms with Gasteiger partial charge in [0.05, 0.1) is 13.3 Å². The second-order valence-electron chi connectivity index (χ2n) is 8.39. The SMILES string of the molecule is CCc1cc(CNC(=O)c2nc(-c3[nH]ncc3-c3ccc(CN(C)C)c(Cl)c3)n[nH]2)ccc1OC. The first-order valence-corrected chi connectivity index (χ1v) is 11.6. The van der Waals surface area contributed by atoms with Gasteiger partial charge in [0.15, 0.2) is 5.82 Å². The molecule has 2 aromatic carbocycles. The predicted octanol–water partition coefficient (Wildman–Crippen LogP) is 4.08. The van der Waals surface area contributed by atoms with E-state index in [0.717, 1.165) is 46.5 Å². The zero-order chi connectivity index (χ0) is 24.9. The number of aryl methyl sites for hydroxylation is 1. The lowest BCUT2D eigenvalue weighted by Gasteiger charge is -2.12. The molecule has 0 aliphatic carbocycles. The minimum Gasteiger partial charge on any atom is -0.496 e. The number of methoxy groups -OCH3 is 1. The lowest BCUT2D eigenvalue weighted by molar-refractivity contribution is 0.0941. The molecule has 0 aliphatic heterocycles. The summed E-state index contributed by atoms with van der Waals surface area (Å²) in [5.74, 6) is 0.944. The summed E-state index contributed by atoms with van der Waals surface area (Å²) < 4.78 is 5.37. The van der Waals surface area contributed by atoms with Crippen LogP contribution in [-0.4, -0.2) is 57.4 Å². The first-order valence-electron chi connectivity index (χ1n) is 11.2. The van der Waals surface area contributed by atoms with E-state index in [4.69, 9.17) is 16.3 Å². The van der Waals surface area contributed by atoms with Gasteiger partial charge >= 0.3 is 0 Å². The van der Waals surface area contributed by atoms with E-state index in [1.807, 2.05) is 50.5 Å². The van der Waals surface area contributed by atoms with Crippen molar-refractivity contribution in [3.63, 3.8) is 0 Å². The second kappa shape index (κ2) is 10.7. The topological polar surface area (TPSA) is 112 Å². The van der Waals surface area contributed by atoms with Crippen LogP contribution in [0.2, 0.25) is 5.02 Å². The molecular formula is C25H28ClN7O2. The van der Waals surface area contributed by atoms with Crippen LogP contribution in [0.15, 0.2) is 42.6 Å². The summed E-state index contributed by atoms with van der Waals surface area (Å²) >= 11 is 6.50. The Hall–Kier alpha value is -3.69. The molecule has 35 heavy (non-hydrogen) atoms. The third-order valence-electron chi connectivity index (χ3n) is 5.59. The van der Waals surface area contributed by atoms with E-state index < -0.39 is 0 Å². The number of halogens is 1. The summed E-state index contributed by atoms with van der Waals surface area (Å²) in [6.07, 6.45) is 2.53. The Bertz CT molecular complexity index is 1330. The van der Waals surface area contributed by atoms with Crippen molar-refractivity contribution >= 4 is 17.5 Å². The van der Waals surface area contributed by atoms with Gasteiger partial charge in [-0.15, -0.1) is 0 Å². The molecular weight excluding hydrogens is 466 g/mol. The first kappa shape index (κ1) is 24.4. The zero-order valence-corrected chi connectivity index (χ0v) is 20.9. The van der Waals surface area contributed by atoms with Gasteiger partial charge < -0.3 is 15.0 Å². The molecule has 10 heteroatoms. The molecule has 0 atom stereocenters. The van der Waals surface area contributed by atoms with Crippen molar-refractivity contribution in [1.29, 1.82) is 0 Å². The van der Waals surface area contributed by atoms with E-state index in [-0.39, 0.29) is 11.7 Å². The number of hydrogen-bond acceptors (Lipinski definition) is 6. The Morgan fingerprint density at radius 2 is 1.97 bits per heavy atom. The largest absolute Gasteiger partial charge is 0.496 e. The Labute approximate surface area is 208 Å². The van der Waals surface area contributed by atoms with E-state index in [9.17, 15) is 4.79 Å². The Morgan fingerprint density at radius 1 is 1.14 bits per heavy atom. The Kier molecular flexibility index (Phi) is 7.48. The van der Waals surface area contributed by atoms with Crippen LogP contribution < -0.4 is 10.1 Å². The van der Waals surface area contributed by atoms with Gasteiger partial charge in [-0.3, -0.25) is 15.0 Å². The number of nitrogens with one attached hydrogen (secondary N) is 3. The van der Waals surface area contributed by atoms with Crippen LogP contribution in [0.25, 0.3) is 22.6 Å². The van der Waals surface area contributed by atoms with Crippen molar-refractivity contribution < 1.29 is 9.53 Å². The molecule has 0 aliphatic rings. The Morgan fingerprint density at radius 3 is 2.69 bits per heavy atom. The normalized spacial score (nSPS) is 11.1. The van der Waals surface area contributed by atoms with E-state index in [1.165, 1.54) is 0 Å². The Balaban J connectivity index is 1.48. The van der Waals surface area contributed by atoms with Gasteiger partial charge in [-0.2, -0.15) is 10.2 Å². The minimum atomic E-state index is -0.352. The van der Waals surface area contributed by atoms with Gasteiger partial charge in [-0.25, -0.2) is 4.98 Å². The maximum absolute atomic E-state index is 12.7. The quantitative estimate of drug-likeness (QED) is 0.324. The number of hydrogen-bond donors (Lipinski definition) is 3. The highest BCUT2D eigenvalue weighted by molar-refractivity contribution is 6.31. The number of H-pyrrole nitrogens is 2.